The van der Waals surface area contributed by atoms with Gasteiger partial charge in [0.15, 0.2) is 4.67 Å². The van der Waals surface area contributed by atoms with Gasteiger partial charge in [0, 0.05) is 5.56 Å². The van der Waals surface area contributed by atoms with Crippen LogP contribution in [0.3, 0.4) is 0 Å². The second-order valence-corrected chi connectivity index (χ2v) is 5.53. The fourth-order valence-corrected chi connectivity index (χ4v) is 2.50. The molecule has 1 atom stereocenters. The summed E-state index contributed by atoms with van der Waals surface area (Å²) in [5.41, 5.74) is -0.0573. The zero-order valence-electron chi connectivity index (χ0n) is 10.0. The van der Waals surface area contributed by atoms with Gasteiger partial charge in [-0.1, -0.05) is 6.92 Å². The van der Waals surface area contributed by atoms with E-state index in [9.17, 15) is 8.78 Å². The molecule has 0 saturated carbocycles. The predicted octanol–water partition coefficient (Wildman–Crippen LogP) is 4.78. The van der Waals surface area contributed by atoms with E-state index in [2.05, 4.69) is 37.2 Å². The van der Waals surface area contributed by atoms with E-state index < -0.39 is 17.7 Å². The molecule has 2 nitrogen and oxygen atoms in total. The average Bonchev–Trinajstić information content (AvgIpc) is 2.80. The first-order valence-electron chi connectivity index (χ1n) is 5.66. The topological polar surface area (TPSA) is 25.2 Å². The monoisotopic (exact) mass is 393 g/mol. The molecule has 0 aliphatic heterocycles. The van der Waals surface area contributed by atoms with Crippen molar-refractivity contribution in [2.75, 3.05) is 6.54 Å². The van der Waals surface area contributed by atoms with Crippen LogP contribution in [0.25, 0.3) is 0 Å². The molecule has 0 radical (unpaired) electrons. The molecular weight excluding hydrogens is 384 g/mol. The summed E-state index contributed by atoms with van der Waals surface area (Å²) in [5, 5.41) is 3.02. The first-order chi connectivity index (χ1) is 9.04. The number of benzene rings is 1. The van der Waals surface area contributed by atoms with Gasteiger partial charge >= 0.3 is 0 Å². The molecule has 1 N–H and O–H groups in total. The minimum absolute atomic E-state index is 0.0573. The fraction of sp³-hybridized carbons (Fsp3) is 0.231. The van der Waals surface area contributed by atoms with Crippen LogP contribution in [0, 0.1) is 11.6 Å². The summed E-state index contributed by atoms with van der Waals surface area (Å²) in [5.74, 6) is -0.790. The Morgan fingerprint density at radius 1 is 1.21 bits per heavy atom. The number of halogens is 4. The van der Waals surface area contributed by atoms with Crippen molar-refractivity contribution < 1.29 is 13.2 Å². The van der Waals surface area contributed by atoms with E-state index in [1.807, 2.05) is 6.92 Å². The molecule has 1 heterocycles. The van der Waals surface area contributed by atoms with Gasteiger partial charge in [0.1, 0.15) is 17.4 Å². The van der Waals surface area contributed by atoms with Crippen molar-refractivity contribution in [3.63, 3.8) is 0 Å². The van der Waals surface area contributed by atoms with Crippen molar-refractivity contribution in [1.82, 2.24) is 5.32 Å². The highest BCUT2D eigenvalue weighted by molar-refractivity contribution is 9.10. The van der Waals surface area contributed by atoms with Gasteiger partial charge in [0.05, 0.1) is 10.5 Å². The maximum Gasteiger partial charge on any atom is 0.169 e. The zero-order valence-corrected chi connectivity index (χ0v) is 13.2. The Balaban J connectivity index is 2.53. The van der Waals surface area contributed by atoms with Crippen LogP contribution >= 0.6 is 31.9 Å². The molecule has 0 fully saturated rings. The number of nitrogens with one attached hydrogen (secondary N) is 1. The van der Waals surface area contributed by atoms with E-state index >= 15 is 0 Å². The van der Waals surface area contributed by atoms with Crippen LogP contribution in [0.15, 0.2) is 37.8 Å². The van der Waals surface area contributed by atoms with Crippen molar-refractivity contribution in [3.8, 4) is 0 Å². The Hall–Kier alpha value is -0.720. The van der Waals surface area contributed by atoms with Crippen LogP contribution in [0.1, 0.15) is 24.3 Å². The molecule has 102 valence electrons. The molecule has 0 bridgehead atoms. The van der Waals surface area contributed by atoms with Gasteiger partial charge in [0.25, 0.3) is 0 Å². The quantitative estimate of drug-likeness (QED) is 0.754. The first-order valence-corrected chi connectivity index (χ1v) is 7.25. The lowest BCUT2D eigenvalue weighted by Gasteiger charge is -2.18. The van der Waals surface area contributed by atoms with Crippen molar-refractivity contribution >= 4 is 31.9 Å². The van der Waals surface area contributed by atoms with Crippen LogP contribution in [0.2, 0.25) is 0 Å². The maximum atomic E-state index is 14.1. The predicted molar refractivity (Wildman–Crippen MR) is 76.0 cm³/mol. The SMILES string of the molecule is CCNC(c1ccc(Br)o1)c1c(F)ccc(Br)c1F. The molecule has 0 saturated heterocycles. The summed E-state index contributed by atoms with van der Waals surface area (Å²) in [6, 6.07) is 5.26. The van der Waals surface area contributed by atoms with Crippen LogP contribution in [0.5, 0.6) is 0 Å². The third kappa shape index (κ3) is 3.07. The highest BCUT2D eigenvalue weighted by atomic mass is 79.9. The normalized spacial score (nSPS) is 12.7. The molecule has 6 heteroatoms. The smallest absolute Gasteiger partial charge is 0.169 e. The van der Waals surface area contributed by atoms with Gasteiger partial charge in [-0.2, -0.15) is 0 Å². The molecule has 1 aromatic carbocycles. The van der Waals surface area contributed by atoms with Crippen molar-refractivity contribution in [2.45, 2.75) is 13.0 Å². The fourth-order valence-electron chi connectivity index (χ4n) is 1.84. The molecule has 0 spiro atoms. The van der Waals surface area contributed by atoms with E-state index in [0.29, 0.717) is 17.0 Å². The summed E-state index contributed by atoms with van der Waals surface area (Å²) < 4.78 is 34.2. The van der Waals surface area contributed by atoms with E-state index in [1.54, 1.807) is 12.1 Å². The molecule has 2 aromatic rings. The van der Waals surface area contributed by atoms with Crippen molar-refractivity contribution in [1.29, 1.82) is 0 Å². The standard InChI is InChI=1S/C13H11Br2F2NO/c1-2-18-13(9-5-6-10(15)19-9)11-8(16)4-3-7(14)12(11)17/h3-6,13,18H,2H2,1H3. The van der Waals surface area contributed by atoms with Crippen LogP contribution in [-0.2, 0) is 0 Å². The van der Waals surface area contributed by atoms with Crippen molar-refractivity contribution in [3.05, 3.63) is 56.4 Å². The molecule has 1 aromatic heterocycles. The van der Waals surface area contributed by atoms with Gasteiger partial charge in [-0.15, -0.1) is 0 Å². The van der Waals surface area contributed by atoms with Gasteiger partial charge in [0.2, 0.25) is 0 Å². The summed E-state index contributed by atoms with van der Waals surface area (Å²) >= 11 is 6.25. The lowest BCUT2D eigenvalue weighted by Crippen LogP contribution is -2.24. The van der Waals surface area contributed by atoms with E-state index in [4.69, 9.17) is 4.42 Å². The summed E-state index contributed by atoms with van der Waals surface area (Å²) in [7, 11) is 0. The lowest BCUT2D eigenvalue weighted by atomic mass is 10.0. The van der Waals surface area contributed by atoms with Crippen molar-refractivity contribution in [2.24, 2.45) is 0 Å². The zero-order chi connectivity index (χ0) is 14.0. The van der Waals surface area contributed by atoms with E-state index in [1.165, 1.54) is 12.1 Å². The van der Waals surface area contributed by atoms with Gasteiger partial charge in [-0.05, 0) is 62.7 Å². The van der Waals surface area contributed by atoms with Crippen LogP contribution in [0.4, 0.5) is 8.78 Å². The Bertz CT molecular complexity index is 586. The largest absolute Gasteiger partial charge is 0.452 e. The van der Waals surface area contributed by atoms with E-state index in [0.717, 1.165) is 0 Å². The molecule has 1 unspecified atom stereocenters. The first kappa shape index (κ1) is 14.7. The number of hydrogen-bond acceptors (Lipinski definition) is 2. The third-order valence-corrected chi connectivity index (χ3v) is 3.69. The highest BCUT2D eigenvalue weighted by Gasteiger charge is 2.25. The number of furan rings is 1. The second kappa shape index (κ2) is 6.15. The minimum Gasteiger partial charge on any atom is -0.452 e. The van der Waals surface area contributed by atoms with Gasteiger partial charge in [-0.3, -0.25) is 0 Å². The summed E-state index contributed by atoms with van der Waals surface area (Å²) in [6.07, 6.45) is 0. The number of rotatable bonds is 4. The Morgan fingerprint density at radius 3 is 2.53 bits per heavy atom. The Kier molecular flexibility index (Phi) is 4.76. The summed E-state index contributed by atoms with van der Waals surface area (Å²) in [6.45, 7) is 2.41. The molecule has 0 aliphatic rings. The second-order valence-electron chi connectivity index (χ2n) is 3.89. The molecule has 2 rings (SSSR count). The van der Waals surface area contributed by atoms with Crippen LogP contribution < -0.4 is 5.32 Å². The van der Waals surface area contributed by atoms with E-state index in [-0.39, 0.29) is 10.0 Å². The van der Waals surface area contributed by atoms with Gasteiger partial charge in [-0.25, -0.2) is 8.78 Å². The van der Waals surface area contributed by atoms with Gasteiger partial charge < -0.3 is 9.73 Å². The summed E-state index contributed by atoms with van der Waals surface area (Å²) in [4.78, 5) is 0. The average molecular weight is 395 g/mol. The molecule has 0 amide bonds. The van der Waals surface area contributed by atoms with Crippen LogP contribution in [-0.4, -0.2) is 6.54 Å². The minimum atomic E-state index is -0.672. The lowest BCUT2D eigenvalue weighted by molar-refractivity contribution is 0.416. The number of hydrogen-bond donors (Lipinski definition) is 1. The maximum absolute atomic E-state index is 14.1. The molecule has 0 aliphatic carbocycles. The Morgan fingerprint density at radius 2 is 1.95 bits per heavy atom. The molecular formula is C13H11Br2F2NO. The Labute approximate surface area is 126 Å². The third-order valence-electron chi connectivity index (χ3n) is 2.65. The molecule has 19 heavy (non-hydrogen) atoms. The highest BCUT2D eigenvalue weighted by Crippen LogP contribution is 2.32.